The van der Waals surface area contributed by atoms with Crippen molar-refractivity contribution in [3.8, 4) is 0 Å². The van der Waals surface area contributed by atoms with Gasteiger partial charge in [-0.05, 0) is 23.8 Å². The van der Waals surface area contributed by atoms with Crippen molar-refractivity contribution in [1.82, 2.24) is 14.9 Å². The standard InChI is InChI=1S/C16H19N3O/c20-12-14-10-19(9-13-4-3-6-17-8-13)11-15(14)16-5-1-2-7-18-16/h1-8,14-15,20H,9-12H2/t14-,15+/m0/s1. The molecule has 0 spiro atoms. The molecule has 0 amide bonds. The quantitative estimate of drug-likeness (QED) is 0.917. The van der Waals surface area contributed by atoms with Crippen LogP contribution in [0.2, 0.25) is 0 Å². The number of likely N-dealkylation sites (tertiary alicyclic amines) is 1. The second-order valence-corrected chi connectivity index (χ2v) is 5.36. The summed E-state index contributed by atoms with van der Waals surface area (Å²) in [6.45, 7) is 2.95. The van der Waals surface area contributed by atoms with E-state index in [9.17, 15) is 5.11 Å². The van der Waals surface area contributed by atoms with E-state index in [2.05, 4.69) is 27.0 Å². The summed E-state index contributed by atoms with van der Waals surface area (Å²) < 4.78 is 0. The second kappa shape index (κ2) is 6.11. The molecule has 0 radical (unpaired) electrons. The van der Waals surface area contributed by atoms with Crippen LogP contribution < -0.4 is 0 Å². The van der Waals surface area contributed by atoms with E-state index in [-0.39, 0.29) is 12.5 Å². The number of aromatic nitrogens is 2. The molecule has 20 heavy (non-hydrogen) atoms. The molecule has 0 bridgehead atoms. The molecule has 1 N–H and O–H groups in total. The lowest BCUT2D eigenvalue weighted by atomic mass is 9.93. The largest absolute Gasteiger partial charge is 0.396 e. The van der Waals surface area contributed by atoms with E-state index < -0.39 is 0 Å². The Balaban J connectivity index is 1.71. The predicted molar refractivity (Wildman–Crippen MR) is 77.1 cm³/mol. The predicted octanol–water partition coefficient (Wildman–Crippen LogP) is 1.68. The van der Waals surface area contributed by atoms with Crippen molar-refractivity contribution in [3.63, 3.8) is 0 Å². The van der Waals surface area contributed by atoms with E-state index in [1.165, 1.54) is 5.56 Å². The Labute approximate surface area is 119 Å². The van der Waals surface area contributed by atoms with Crippen LogP contribution in [0, 0.1) is 5.92 Å². The van der Waals surface area contributed by atoms with E-state index in [4.69, 9.17) is 0 Å². The molecule has 4 nitrogen and oxygen atoms in total. The van der Waals surface area contributed by atoms with Crippen molar-refractivity contribution in [3.05, 3.63) is 60.2 Å². The van der Waals surface area contributed by atoms with E-state index in [1.807, 2.05) is 30.6 Å². The van der Waals surface area contributed by atoms with Gasteiger partial charge in [0, 0.05) is 62.4 Å². The highest BCUT2D eigenvalue weighted by Gasteiger charge is 2.33. The molecule has 104 valence electrons. The van der Waals surface area contributed by atoms with E-state index in [1.54, 1.807) is 6.20 Å². The minimum atomic E-state index is 0.213. The topological polar surface area (TPSA) is 49.2 Å². The number of hydrogen-bond donors (Lipinski definition) is 1. The molecule has 0 saturated carbocycles. The molecule has 3 rings (SSSR count). The van der Waals surface area contributed by atoms with Crippen LogP contribution in [0.4, 0.5) is 0 Å². The van der Waals surface area contributed by atoms with Crippen molar-refractivity contribution >= 4 is 0 Å². The average Bonchev–Trinajstić information content (AvgIpc) is 2.92. The summed E-state index contributed by atoms with van der Waals surface area (Å²) in [7, 11) is 0. The molecular weight excluding hydrogens is 250 g/mol. The van der Waals surface area contributed by atoms with Gasteiger partial charge in [-0.2, -0.15) is 0 Å². The smallest absolute Gasteiger partial charge is 0.0478 e. The first-order valence-electron chi connectivity index (χ1n) is 7.00. The Morgan fingerprint density at radius 1 is 1.15 bits per heavy atom. The highest BCUT2D eigenvalue weighted by Crippen LogP contribution is 2.31. The van der Waals surface area contributed by atoms with Gasteiger partial charge in [0.1, 0.15) is 0 Å². The van der Waals surface area contributed by atoms with Gasteiger partial charge in [-0.15, -0.1) is 0 Å². The lowest BCUT2D eigenvalue weighted by molar-refractivity contribution is 0.213. The van der Waals surface area contributed by atoms with Crippen molar-refractivity contribution in [2.24, 2.45) is 5.92 Å². The van der Waals surface area contributed by atoms with Gasteiger partial charge in [-0.3, -0.25) is 14.9 Å². The average molecular weight is 269 g/mol. The summed E-state index contributed by atoms with van der Waals surface area (Å²) >= 11 is 0. The molecule has 2 aromatic rings. The van der Waals surface area contributed by atoms with Crippen LogP contribution in [0.5, 0.6) is 0 Å². The fourth-order valence-corrected chi connectivity index (χ4v) is 2.95. The summed E-state index contributed by atoms with van der Waals surface area (Å²) in [5.74, 6) is 0.583. The monoisotopic (exact) mass is 269 g/mol. The third-order valence-electron chi connectivity index (χ3n) is 3.95. The van der Waals surface area contributed by atoms with E-state index in [0.29, 0.717) is 5.92 Å². The van der Waals surface area contributed by atoms with Gasteiger partial charge < -0.3 is 5.11 Å². The molecule has 3 heterocycles. The number of rotatable bonds is 4. The fourth-order valence-electron chi connectivity index (χ4n) is 2.95. The first kappa shape index (κ1) is 13.2. The van der Waals surface area contributed by atoms with Crippen LogP contribution in [0.15, 0.2) is 48.9 Å². The van der Waals surface area contributed by atoms with Gasteiger partial charge in [-0.1, -0.05) is 12.1 Å². The number of nitrogens with zero attached hydrogens (tertiary/aromatic N) is 3. The van der Waals surface area contributed by atoms with Crippen LogP contribution in [-0.4, -0.2) is 39.7 Å². The SMILES string of the molecule is OC[C@@H]1CN(Cc2cccnc2)C[C@H]1c1ccccn1. The summed E-state index contributed by atoms with van der Waals surface area (Å²) in [5, 5.41) is 9.61. The normalized spacial score (nSPS) is 23.1. The highest BCUT2D eigenvalue weighted by molar-refractivity contribution is 5.15. The molecule has 4 heteroatoms. The van der Waals surface area contributed by atoms with Crippen LogP contribution in [0.3, 0.4) is 0 Å². The summed E-state index contributed by atoms with van der Waals surface area (Å²) in [6.07, 6.45) is 5.52. The van der Waals surface area contributed by atoms with Crippen LogP contribution in [0.1, 0.15) is 17.2 Å². The van der Waals surface area contributed by atoms with Gasteiger partial charge >= 0.3 is 0 Å². The van der Waals surface area contributed by atoms with Crippen molar-refractivity contribution in [2.75, 3.05) is 19.7 Å². The maximum Gasteiger partial charge on any atom is 0.0478 e. The Hall–Kier alpha value is -1.78. The van der Waals surface area contributed by atoms with Gasteiger partial charge in [0.25, 0.3) is 0 Å². The fraction of sp³-hybridized carbons (Fsp3) is 0.375. The Morgan fingerprint density at radius 3 is 2.80 bits per heavy atom. The first-order valence-corrected chi connectivity index (χ1v) is 7.00. The first-order chi connectivity index (χ1) is 9.86. The van der Waals surface area contributed by atoms with Crippen molar-refractivity contribution < 1.29 is 5.11 Å². The molecule has 0 aliphatic carbocycles. The molecule has 1 aliphatic rings. The molecule has 0 aromatic carbocycles. The van der Waals surface area contributed by atoms with Crippen LogP contribution >= 0.6 is 0 Å². The maximum absolute atomic E-state index is 9.61. The minimum absolute atomic E-state index is 0.213. The maximum atomic E-state index is 9.61. The lowest BCUT2D eigenvalue weighted by Gasteiger charge is -2.15. The Kier molecular flexibility index (Phi) is 4.04. The van der Waals surface area contributed by atoms with Crippen LogP contribution in [0.25, 0.3) is 0 Å². The van der Waals surface area contributed by atoms with E-state index >= 15 is 0 Å². The molecule has 1 aliphatic heterocycles. The summed E-state index contributed by atoms with van der Waals surface area (Å²) in [6, 6.07) is 10.1. The minimum Gasteiger partial charge on any atom is -0.396 e. The number of aliphatic hydroxyl groups excluding tert-OH is 1. The highest BCUT2D eigenvalue weighted by atomic mass is 16.3. The third-order valence-corrected chi connectivity index (χ3v) is 3.95. The van der Waals surface area contributed by atoms with Crippen LogP contribution in [-0.2, 0) is 6.54 Å². The third kappa shape index (κ3) is 2.86. The zero-order valence-electron chi connectivity index (χ0n) is 11.4. The van der Waals surface area contributed by atoms with Crippen molar-refractivity contribution in [1.29, 1.82) is 0 Å². The summed E-state index contributed by atoms with van der Waals surface area (Å²) in [4.78, 5) is 11.0. The number of aliphatic hydroxyl groups is 1. The van der Waals surface area contributed by atoms with Gasteiger partial charge in [0.15, 0.2) is 0 Å². The molecule has 2 aromatic heterocycles. The van der Waals surface area contributed by atoms with Gasteiger partial charge in [0.2, 0.25) is 0 Å². The molecule has 0 unspecified atom stereocenters. The number of hydrogen-bond acceptors (Lipinski definition) is 4. The van der Waals surface area contributed by atoms with Crippen molar-refractivity contribution in [2.45, 2.75) is 12.5 Å². The Bertz CT molecular complexity index is 532. The lowest BCUT2D eigenvalue weighted by Crippen LogP contribution is -2.20. The zero-order valence-corrected chi connectivity index (χ0v) is 11.4. The van der Waals surface area contributed by atoms with Gasteiger partial charge in [0.05, 0.1) is 0 Å². The summed E-state index contributed by atoms with van der Waals surface area (Å²) in [5.41, 5.74) is 2.30. The molecule has 1 saturated heterocycles. The molecule has 1 fully saturated rings. The zero-order chi connectivity index (χ0) is 13.8. The van der Waals surface area contributed by atoms with E-state index in [0.717, 1.165) is 25.3 Å². The number of pyridine rings is 2. The molecular formula is C16H19N3O. The Morgan fingerprint density at radius 2 is 2.10 bits per heavy atom. The molecule has 2 atom stereocenters. The van der Waals surface area contributed by atoms with Gasteiger partial charge in [-0.25, -0.2) is 0 Å². The second-order valence-electron chi connectivity index (χ2n) is 5.36.